The summed E-state index contributed by atoms with van der Waals surface area (Å²) in [6.45, 7) is 31.1. The zero-order valence-corrected chi connectivity index (χ0v) is 60.3. The van der Waals surface area contributed by atoms with E-state index in [4.69, 9.17) is 0 Å². The van der Waals surface area contributed by atoms with Gasteiger partial charge in [-0.05, 0) is 171 Å². The van der Waals surface area contributed by atoms with Crippen LogP contribution in [-0.2, 0) is 51.9 Å². The second-order valence-corrected chi connectivity index (χ2v) is 29.9. The number of benzene rings is 5. The number of likely N-dealkylation sites (tertiary alicyclic amines) is 3. The Labute approximate surface area is 593 Å². The molecule has 4 saturated heterocycles. The van der Waals surface area contributed by atoms with E-state index in [9.17, 15) is 19.2 Å². The number of urea groups is 4. The fourth-order valence-electron chi connectivity index (χ4n) is 16.7. The first-order chi connectivity index (χ1) is 48.5. The van der Waals surface area contributed by atoms with Gasteiger partial charge in [0.15, 0.2) is 0 Å². The van der Waals surface area contributed by atoms with Crippen molar-refractivity contribution in [2.24, 2.45) is 11.3 Å². The Hall–Kier alpha value is -7.02. The molecule has 8 aliphatic heterocycles. The summed E-state index contributed by atoms with van der Waals surface area (Å²) in [7, 11) is 0. The van der Waals surface area contributed by atoms with Crippen molar-refractivity contribution in [1.29, 1.82) is 0 Å². The predicted molar refractivity (Wildman–Crippen MR) is 400 cm³/mol. The third-order valence-corrected chi connectivity index (χ3v) is 22.7. The molecule has 1 saturated carbocycles. The minimum atomic E-state index is 0.0948. The first-order valence-corrected chi connectivity index (χ1v) is 38.6. The number of nitrogens with zero attached hydrogens (tertiary/aromatic N) is 9. The van der Waals surface area contributed by atoms with Crippen LogP contribution in [0.25, 0.3) is 0 Å². The molecule has 0 radical (unpaired) electrons. The molecule has 536 valence electrons. The van der Waals surface area contributed by atoms with Gasteiger partial charge in [-0.1, -0.05) is 148 Å². The molecule has 0 bridgehead atoms. The number of nitrogens with one attached hydrogen (secondary N) is 4. The summed E-state index contributed by atoms with van der Waals surface area (Å²) in [5.41, 5.74) is 13.6. The van der Waals surface area contributed by atoms with Crippen molar-refractivity contribution in [3.63, 3.8) is 0 Å². The Morgan fingerprint density at radius 2 is 0.768 bits per heavy atom. The topological polar surface area (TPSA) is 146 Å². The lowest BCUT2D eigenvalue weighted by atomic mass is 9.83. The number of hydrogen-bond acceptors (Lipinski definition) is 9. The zero-order chi connectivity index (χ0) is 68.4. The van der Waals surface area contributed by atoms with Crippen molar-refractivity contribution in [1.82, 2.24) is 65.4 Å². The molecule has 0 aromatic heterocycles. The van der Waals surface area contributed by atoms with E-state index in [1.165, 1.54) is 75.8 Å². The molecular weight excluding hydrogens is 1230 g/mol. The first kappa shape index (κ1) is 73.2. The molecule has 4 N–H and O–H groups in total. The van der Waals surface area contributed by atoms with E-state index in [1.807, 2.05) is 20.8 Å². The summed E-state index contributed by atoms with van der Waals surface area (Å²) >= 11 is 0. The van der Waals surface area contributed by atoms with Gasteiger partial charge < -0.3 is 45.8 Å². The summed E-state index contributed by atoms with van der Waals surface area (Å²) in [5.74, 6) is 1.21. The van der Waals surface area contributed by atoms with Gasteiger partial charge in [0.2, 0.25) is 0 Å². The summed E-state index contributed by atoms with van der Waals surface area (Å²) < 4.78 is 0. The fraction of sp³-hybridized carbons (Fsp3) is 0.585. The average molecular weight is 1350 g/mol. The van der Waals surface area contributed by atoms with Gasteiger partial charge in [0.05, 0.1) is 0 Å². The lowest BCUT2D eigenvalue weighted by molar-refractivity contribution is 0.196. The number of amides is 8. The summed E-state index contributed by atoms with van der Waals surface area (Å²) in [4.78, 5) is 69.6. The molecule has 3 atom stereocenters. The van der Waals surface area contributed by atoms with E-state index in [1.54, 1.807) is 0 Å². The van der Waals surface area contributed by atoms with Crippen LogP contribution in [0.4, 0.5) is 19.2 Å². The average Bonchev–Trinajstić information content (AvgIpc) is 1.63. The highest BCUT2D eigenvalue weighted by molar-refractivity contribution is 5.76. The van der Waals surface area contributed by atoms with Gasteiger partial charge >= 0.3 is 24.1 Å². The molecule has 17 heteroatoms. The smallest absolute Gasteiger partial charge is 0.317 e. The van der Waals surface area contributed by atoms with Crippen LogP contribution in [0, 0.1) is 11.3 Å². The Morgan fingerprint density at radius 3 is 1.20 bits per heavy atom. The van der Waals surface area contributed by atoms with Crippen LogP contribution >= 0.6 is 0 Å². The standard InChI is InChI=1S/C23H29N3O.C21H34N4O.C21H31N3O.C17H25N3O/c27-23(26-16-12-22(18-26)19-7-2-1-3-8-19)24-13-6-14-25-15-11-20-9-4-5-10-21(20)17-25;1-2-11-23-13-6-14-25(17-16-23)21(26)22-10-5-12-24-15-9-19-7-3-4-8-20(19)18-24;1-21-10-4-8-19(21)15-24(16-21)20(25)22-11-5-12-23-13-9-17-6-2-3-7-18(17)14-23;21-17(20-11-3-4-12-20)18-9-5-10-19-13-8-15-6-1-2-7-16(15)14-19/h1-5,7-10,22H,6,11-18H2,(H,24,27);3-4,7-8H,2,5-6,9-18H2,1H3,(H,22,26);2-3,6-7,19H,4-5,8-16H2,1H3,(H,22,25);1-2,6-7H,3-5,8-14H2,(H,18,21). The monoisotopic (exact) mass is 1350 g/mol. The van der Waals surface area contributed by atoms with Crippen molar-refractivity contribution < 1.29 is 19.2 Å². The molecule has 8 amide bonds. The molecule has 17 nitrogen and oxygen atoms in total. The minimum absolute atomic E-state index is 0.0948. The molecule has 5 aromatic carbocycles. The highest BCUT2D eigenvalue weighted by Gasteiger charge is 2.47. The third-order valence-electron chi connectivity index (χ3n) is 22.7. The summed E-state index contributed by atoms with van der Waals surface area (Å²) in [6.07, 6.45) is 18.2. The van der Waals surface area contributed by atoms with Crippen LogP contribution in [0.5, 0.6) is 0 Å². The third kappa shape index (κ3) is 22.0. The van der Waals surface area contributed by atoms with E-state index in [2.05, 4.69) is 186 Å². The van der Waals surface area contributed by atoms with E-state index >= 15 is 0 Å². The van der Waals surface area contributed by atoms with Crippen LogP contribution in [0.3, 0.4) is 0 Å². The van der Waals surface area contributed by atoms with E-state index < -0.39 is 0 Å². The molecule has 99 heavy (non-hydrogen) atoms. The van der Waals surface area contributed by atoms with Crippen LogP contribution in [0.1, 0.15) is 147 Å². The Balaban J connectivity index is 0.000000134. The lowest BCUT2D eigenvalue weighted by Crippen LogP contribution is -2.43. The summed E-state index contributed by atoms with van der Waals surface area (Å²) in [6, 6.07) is 46.0. The molecule has 5 aromatic rings. The Bertz CT molecular complexity index is 3310. The zero-order valence-electron chi connectivity index (χ0n) is 60.3. The van der Waals surface area contributed by atoms with Gasteiger partial charge in [-0.25, -0.2) is 19.2 Å². The molecule has 14 rings (SSSR count). The number of carbonyl (C=O) groups excluding carboxylic acids is 4. The number of carbonyl (C=O) groups is 4. The molecule has 3 unspecified atom stereocenters. The normalized spacial score (nSPS) is 21.6. The maximum Gasteiger partial charge on any atom is 0.317 e. The maximum absolute atomic E-state index is 12.4. The van der Waals surface area contributed by atoms with E-state index in [-0.39, 0.29) is 24.1 Å². The lowest BCUT2D eigenvalue weighted by Gasteiger charge is -2.28. The molecule has 0 spiro atoms. The van der Waals surface area contributed by atoms with E-state index in [0.29, 0.717) is 11.3 Å². The second-order valence-electron chi connectivity index (χ2n) is 29.9. The van der Waals surface area contributed by atoms with Gasteiger partial charge in [-0.15, -0.1) is 0 Å². The quantitative estimate of drug-likeness (QED) is 0.0594. The summed E-state index contributed by atoms with van der Waals surface area (Å²) in [5, 5.41) is 12.4. The van der Waals surface area contributed by atoms with Gasteiger partial charge in [0.1, 0.15) is 0 Å². The first-order valence-electron chi connectivity index (χ1n) is 38.6. The van der Waals surface area contributed by atoms with Crippen molar-refractivity contribution in [2.45, 2.75) is 149 Å². The molecular formula is C82H119N13O4. The number of fused-ring (bicyclic) bond motifs is 5. The largest absolute Gasteiger partial charge is 0.338 e. The van der Waals surface area contributed by atoms with Crippen molar-refractivity contribution >= 4 is 24.1 Å². The second kappa shape index (κ2) is 38.1. The SMILES string of the molecule is CC12CCCC1CN(C(=O)NCCCN1CCc3ccccc3C1)C2.CCCN1CCCN(C(=O)NCCCN2CCc3ccccc3C2)CC1.O=C(NCCCN1CCc2ccccc2C1)N1CCC(c2ccccc2)C1.O=C(NCCCN1CCc2ccccc2C1)N1CCCC1. The maximum atomic E-state index is 12.4. The van der Waals surface area contributed by atoms with Gasteiger partial charge in [-0.3, -0.25) is 19.6 Å². The molecule has 1 aliphatic carbocycles. The Kier molecular flexibility index (Phi) is 28.2. The Morgan fingerprint density at radius 1 is 0.374 bits per heavy atom. The highest BCUT2D eigenvalue weighted by Crippen LogP contribution is 2.48. The highest BCUT2D eigenvalue weighted by atomic mass is 16.2. The van der Waals surface area contributed by atoms with Crippen LogP contribution < -0.4 is 21.3 Å². The number of rotatable bonds is 19. The number of hydrogen-bond donors (Lipinski definition) is 4. The predicted octanol–water partition coefficient (Wildman–Crippen LogP) is 11.7. The van der Waals surface area contributed by atoms with Crippen LogP contribution in [0.2, 0.25) is 0 Å². The molecule has 9 aliphatic rings. The minimum Gasteiger partial charge on any atom is -0.338 e. The van der Waals surface area contributed by atoms with Crippen LogP contribution in [0.15, 0.2) is 127 Å². The van der Waals surface area contributed by atoms with Crippen molar-refractivity contribution in [2.75, 3.05) is 151 Å². The van der Waals surface area contributed by atoms with E-state index in [0.717, 1.165) is 260 Å². The van der Waals surface area contributed by atoms with Gasteiger partial charge in [0, 0.05) is 170 Å². The van der Waals surface area contributed by atoms with Crippen molar-refractivity contribution in [3.05, 3.63) is 177 Å². The molecule has 5 fully saturated rings. The molecule has 8 heterocycles. The van der Waals surface area contributed by atoms with Crippen molar-refractivity contribution in [3.8, 4) is 0 Å². The van der Waals surface area contributed by atoms with Gasteiger partial charge in [0.25, 0.3) is 0 Å². The van der Waals surface area contributed by atoms with Gasteiger partial charge in [-0.2, -0.15) is 0 Å². The fourth-order valence-corrected chi connectivity index (χ4v) is 16.7. The van der Waals surface area contributed by atoms with Crippen LogP contribution in [-0.4, -0.2) is 219 Å².